The monoisotopic (exact) mass is 744 g/mol. The highest BCUT2D eigenvalue weighted by Crippen LogP contribution is 2.52. The number of nitrogens with zero attached hydrogens (tertiary/aromatic N) is 4. The lowest BCUT2D eigenvalue weighted by Gasteiger charge is -2.25. The molecule has 0 atom stereocenters. The van der Waals surface area contributed by atoms with Crippen LogP contribution in [0.3, 0.4) is 0 Å². The molecule has 57 heavy (non-hydrogen) atoms. The van der Waals surface area contributed by atoms with Crippen LogP contribution in [0.1, 0.15) is 11.1 Å². The molecule has 0 unspecified atom stereocenters. The molecule has 5 heteroatoms. The summed E-state index contributed by atoms with van der Waals surface area (Å²) in [7, 11) is 0. The van der Waals surface area contributed by atoms with Crippen molar-refractivity contribution in [3.8, 4) is 62.1 Å². The Kier molecular flexibility index (Phi) is 7.13. The first-order valence-electron chi connectivity index (χ1n) is 19.3. The lowest BCUT2D eigenvalue weighted by atomic mass is 9.79. The molecular weight excluding hydrogens is 713 g/mol. The number of rotatable bonds is 6. The van der Waals surface area contributed by atoms with Crippen molar-refractivity contribution in [2.45, 2.75) is 6.42 Å². The van der Waals surface area contributed by atoms with E-state index in [9.17, 15) is 0 Å². The third-order valence-corrected chi connectivity index (χ3v) is 12.7. The molecule has 1 aliphatic rings. The minimum absolute atomic E-state index is 0.602. The molecule has 3 heterocycles. The molecule has 0 saturated carbocycles. The van der Waals surface area contributed by atoms with Crippen LogP contribution < -0.4 is 0 Å². The number of hydrogen-bond acceptors (Lipinski definition) is 4. The summed E-state index contributed by atoms with van der Waals surface area (Å²) in [5.74, 6) is 1.89. The fourth-order valence-electron chi connectivity index (χ4n) is 8.81. The van der Waals surface area contributed by atoms with Crippen LogP contribution in [0.5, 0.6) is 0 Å². The van der Waals surface area contributed by atoms with E-state index >= 15 is 0 Å². The number of hydrogen-bond donors (Lipinski definition) is 0. The van der Waals surface area contributed by atoms with Crippen LogP contribution >= 0.6 is 11.3 Å². The molecule has 266 valence electrons. The van der Waals surface area contributed by atoms with Gasteiger partial charge in [0.15, 0.2) is 11.6 Å². The van der Waals surface area contributed by atoms with Crippen molar-refractivity contribution in [2.24, 2.45) is 0 Å². The number of fused-ring (bicyclic) bond motifs is 11. The van der Waals surface area contributed by atoms with Crippen molar-refractivity contribution in [3.63, 3.8) is 0 Å². The SMILES string of the molecule is c1ccc(Cc2ccc(-c3ccc4c(sc5ccccc54)c3-c3nc(-c4ccccc4)nc(-n4c5ccccc5c5ccc6c(c54)-c4ccccc4-6)n3)cc2)cc1. The van der Waals surface area contributed by atoms with E-state index in [1.165, 1.54) is 64.3 Å². The van der Waals surface area contributed by atoms with Crippen molar-refractivity contribution in [3.05, 3.63) is 193 Å². The van der Waals surface area contributed by atoms with Gasteiger partial charge in [-0.3, -0.25) is 4.57 Å². The molecule has 3 aromatic heterocycles. The first kappa shape index (κ1) is 32.1. The molecule has 4 nitrogen and oxygen atoms in total. The van der Waals surface area contributed by atoms with Crippen molar-refractivity contribution in [2.75, 3.05) is 0 Å². The van der Waals surface area contributed by atoms with Gasteiger partial charge in [-0.15, -0.1) is 11.3 Å². The summed E-state index contributed by atoms with van der Waals surface area (Å²) in [4.78, 5) is 16.3. The van der Waals surface area contributed by atoms with Crippen LogP contribution in [0.25, 0.3) is 104 Å². The number of thiophene rings is 1. The largest absolute Gasteiger partial charge is 0.277 e. The van der Waals surface area contributed by atoms with Gasteiger partial charge >= 0.3 is 0 Å². The van der Waals surface area contributed by atoms with Gasteiger partial charge in [0, 0.05) is 47.6 Å². The Labute approximate surface area is 333 Å². The molecule has 1 aliphatic carbocycles. The second-order valence-corrected chi connectivity index (χ2v) is 15.8. The maximum Gasteiger partial charge on any atom is 0.238 e. The Balaban J connectivity index is 1.14. The molecule has 0 N–H and O–H groups in total. The molecule has 0 aliphatic heterocycles. The average Bonchev–Trinajstić information content (AvgIpc) is 3.81. The Bertz CT molecular complexity index is 3360. The Morgan fingerprint density at radius 1 is 0.404 bits per heavy atom. The van der Waals surface area contributed by atoms with Gasteiger partial charge in [-0.25, -0.2) is 4.98 Å². The van der Waals surface area contributed by atoms with Crippen LogP contribution in [-0.4, -0.2) is 19.5 Å². The highest BCUT2D eigenvalue weighted by Gasteiger charge is 2.29. The zero-order chi connectivity index (χ0) is 37.5. The van der Waals surface area contributed by atoms with Gasteiger partial charge in [0.25, 0.3) is 0 Å². The van der Waals surface area contributed by atoms with Crippen LogP contribution in [0.2, 0.25) is 0 Å². The lowest BCUT2D eigenvalue weighted by molar-refractivity contribution is 0.955. The van der Waals surface area contributed by atoms with Crippen LogP contribution in [0.4, 0.5) is 0 Å². The number of para-hydroxylation sites is 1. The molecule has 0 bridgehead atoms. The van der Waals surface area contributed by atoms with Crippen LogP contribution in [-0.2, 0) is 6.42 Å². The van der Waals surface area contributed by atoms with E-state index < -0.39 is 0 Å². The second kappa shape index (κ2) is 12.7. The zero-order valence-electron chi connectivity index (χ0n) is 30.7. The van der Waals surface area contributed by atoms with Gasteiger partial charge < -0.3 is 0 Å². The average molecular weight is 745 g/mol. The minimum Gasteiger partial charge on any atom is -0.277 e. The topological polar surface area (TPSA) is 43.6 Å². The quantitative estimate of drug-likeness (QED) is 0.170. The van der Waals surface area contributed by atoms with E-state index in [4.69, 9.17) is 15.0 Å². The summed E-state index contributed by atoms with van der Waals surface area (Å²) in [6, 6.07) is 65.0. The predicted octanol–water partition coefficient (Wildman–Crippen LogP) is 13.6. The van der Waals surface area contributed by atoms with E-state index in [0.29, 0.717) is 17.6 Å². The summed E-state index contributed by atoms with van der Waals surface area (Å²) in [5.41, 5.74) is 14.0. The first-order chi connectivity index (χ1) is 28.3. The Hall–Kier alpha value is -7.21. The molecular formula is C52H32N4S. The number of aromatic nitrogens is 4. The Morgan fingerprint density at radius 3 is 1.89 bits per heavy atom. The summed E-state index contributed by atoms with van der Waals surface area (Å²) in [5, 5.41) is 4.80. The van der Waals surface area contributed by atoms with Crippen molar-refractivity contribution in [1.82, 2.24) is 19.5 Å². The van der Waals surface area contributed by atoms with Crippen molar-refractivity contribution < 1.29 is 0 Å². The predicted molar refractivity (Wildman–Crippen MR) is 237 cm³/mol. The highest BCUT2D eigenvalue weighted by molar-refractivity contribution is 7.26. The number of benzene rings is 8. The molecule has 8 aromatic carbocycles. The maximum atomic E-state index is 5.55. The molecule has 0 saturated heterocycles. The summed E-state index contributed by atoms with van der Waals surface area (Å²) in [6.07, 6.45) is 0.882. The summed E-state index contributed by atoms with van der Waals surface area (Å²) in [6.45, 7) is 0. The van der Waals surface area contributed by atoms with Crippen molar-refractivity contribution >= 4 is 53.3 Å². The maximum absolute atomic E-state index is 5.55. The first-order valence-corrected chi connectivity index (χ1v) is 20.1. The fourth-order valence-corrected chi connectivity index (χ4v) is 10.1. The minimum atomic E-state index is 0.602. The molecule has 0 amide bonds. The highest BCUT2D eigenvalue weighted by atomic mass is 32.1. The molecule has 0 radical (unpaired) electrons. The zero-order valence-corrected chi connectivity index (χ0v) is 31.5. The van der Waals surface area contributed by atoms with E-state index in [1.54, 1.807) is 11.3 Å². The fraction of sp³-hybridized carbons (Fsp3) is 0.0192. The van der Waals surface area contributed by atoms with E-state index in [2.05, 4.69) is 168 Å². The third-order valence-electron chi connectivity index (χ3n) is 11.5. The smallest absolute Gasteiger partial charge is 0.238 e. The lowest BCUT2D eigenvalue weighted by Crippen LogP contribution is -2.09. The van der Waals surface area contributed by atoms with Gasteiger partial charge in [-0.05, 0) is 57.5 Å². The van der Waals surface area contributed by atoms with Crippen LogP contribution in [0.15, 0.2) is 182 Å². The normalized spacial score (nSPS) is 11.9. The van der Waals surface area contributed by atoms with Crippen molar-refractivity contribution in [1.29, 1.82) is 0 Å². The van der Waals surface area contributed by atoms with Gasteiger partial charge in [-0.1, -0.05) is 170 Å². The molecule has 0 spiro atoms. The third kappa shape index (κ3) is 5.03. The van der Waals surface area contributed by atoms with Gasteiger partial charge in [0.1, 0.15) is 0 Å². The standard InChI is InChI=1S/C52H32N4S/c1-3-13-32(14-4-1)31-33-23-25-34(26-24-33)36-27-30-43-39-19-10-12-22-45(39)57-49(43)47(36)51-53-50(35-15-5-2-6-16-35)54-52(55-51)56-44-21-11-9-18-38(44)42-29-28-41-37-17-7-8-20-40(37)46(41)48(42)56/h1-30H,31H2. The second-order valence-electron chi connectivity index (χ2n) is 14.8. The Morgan fingerprint density at radius 2 is 1.05 bits per heavy atom. The van der Waals surface area contributed by atoms with Crippen LogP contribution in [0, 0.1) is 0 Å². The van der Waals surface area contributed by atoms with E-state index in [0.717, 1.165) is 39.7 Å². The van der Waals surface area contributed by atoms with Gasteiger partial charge in [-0.2, -0.15) is 9.97 Å². The van der Waals surface area contributed by atoms with Gasteiger partial charge in [0.2, 0.25) is 5.95 Å². The molecule has 11 aromatic rings. The van der Waals surface area contributed by atoms with E-state index in [1.807, 2.05) is 18.2 Å². The molecule has 12 rings (SSSR count). The summed E-state index contributed by atoms with van der Waals surface area (Å²) >= 11 is 1.81. The molecule has 0 fully saturated rings. The van der Waals surface area contributed by atoms with E-state index in [-0.39, 0.29) is 0 Å². The van der Waals surface area contributed by atoms with Gasteiger partial charge in [0.05, 0.1) is 11.0 Å². The summed E-state index contributed by atoms with van der Waals surface area (Å²) < 4.78 is 4.68.